The normalized spacial score (nSPS) is 16.3. The van der Waals surface area contributed by atoms with Crippen molar-refractivity contribution in [3.05, 3.63) is 77.7 Å². The third kappa shape index (κ3) is 5.65. The van der Waals surface area contributed by atoms with Gasteiger partial charge in [-0.1, -0.05) is 11.6 Å². The number of rotatable bonds is 7. The number of anilines is 2. The molecule has 2 aromatic carbocycles. The summed E-state index contributed by atoms with van der Waals surface area (Å²) in [4.78, 5) is 6.04. The van der Waals surface area contributed by atoms with E-state index < -0.39 is 16.0 Å². The van der Waals surface area contributed by atoms with Crippen molar-refractivity contribution < 1.29 is 17.2 Å². The van der Waals surface area contributed by atoms with Gasteiger partial charge in [0.25, 0.3) is 0 Å². The molecule has 0 unspecified atom stereocenters. The van der Waals surface area contributed by atoms with Crippen LogP contribution in [-0.4, -0.2) is 66.8 Å². The molecule has 0 radical (unpaired) electrons. The third-order valence-corrected chi connectivity index (χ3v) is 9.03. The molecule has 0 amide bonds. The number of piperazine rings is 1. The van der Waals surface area contributed by atoms with E-state index in [4.69, 9.17) is 16.7 Å². The van der Waals surface area contributed by atoms with Gasteiger partial charge in [-0.2, -0.15) is 17.8 Å². The number of benzene rings is 2. The van der Waals surface area contributed by atoms with E-state index >= 15 is 8.78 Å². The average Bonchev–Trinajstić information content (AvgIpc) is 3.67. The molecule has 2 fully saturated rings. The Labute approximate surface area is 241 Å². The van der Waals surface area contributed by atoms with Crippen molar-refractivity contribution in [3.8, 4) is 28.1 Å². The van der Waals surface area contributed by atoms with Crippen LogP contribution < -0.4 is 14.9 Å². The highest BCUT2D eigenvalue weighted by molar-refractivity contribution is 7.90. The quantitative estimate of drug-likeness (QED) is 0.320. The molecule has 13 heteroatoms. The minimum absolute atomic E-state index is 0.0487. The molecule has 2 aliphatic rings. The van der Waals surface area contributed by atoms with Crippen LogP contribution in [0.3, 0.4) is 0 Å². The molecule has 2 N–H and O–H groups in total. The van der Waals surface area contributed by atoms with E-state index in [1.54, 1.807) is 42.9 Å². The van der Waals surface area contributed by atoms with Crippen LogP contribution in [0.1, 0.15) is 12.8 Å². The fraction of sp³-hybridized carbons (Fsp3) is 0.286. The Morgan fingerprint density at radius 1 is 0.927 bits per heavy atom. The number of halogens is 3. The summed E-state index contributed by atoms with van der Waals surface area (Å²) >= 11 is 6.38. The second-order valence-corrected chi connectivity index (χ2v) is 12.1. The van der Waals surface area contributed by atoms with E-state index in [-0.39, 0.29) is 22.1 Å². The van der Waals surface area contributed by atoms with Crippen LogP contribution >= 0.6 is 11.6 Å². The van der Waals surface area contributed by atoms with Gasteiger partial charge < -0.3 is 10.2 Å². The molecule has 2 aromatic heterocycles. The van der Waals surface area contributed by atoms with Crippen LogP contribution in [0.25, 0.3) is 28.1 Å². The first kappa shape index (κ1) is 27.6. The molecular weight excluding hydrogens is 572 g/mol. The summed E-state index contributed by atoms with van der Waals surface area (Å²) in [5.41, 5.74) is 2.13. The second-order valence-electron chi connectivity index (χ2n) is 9.97. The van der Waals surface area contributed by atoms with E-state index in [9.17, 15) is 8.42 Å². The predicted octanol–water partition coefficient (Wildman–Crippen LogP) is 4.70. The van der Waals surface area contributed by atoms with Crippen LogP contribution in [0.15, 0.2) is 61.1 Å². The van der Waals surface area contributed by atoms with E-state index in [2.05, 4.69) is 15.0 Å². The molecular formula is C28H28ClF2N7O2S. The fourth-order valence-electron chi connectivity index (χ4n) is 5.22. The lowest BCUT2D eigenvalue weighted by Crippen LogP contribution is -2.43. The molecule has 0 atom stereocenters. The molecule has 4 aromatic rings. The molecule has 214 valence electrons. The van der Waals surface area contributed by atoms with Crippen molar-refractivity contribution in [2.24, 2.45) is 0 Å². The Bertz CT molecular complexity index is 1670. The third-order valence-electron chi connectivity index (χ3n) is 7.29. The Morgan fingerprint density at radius 3 is 2.37 bits per heavy atom. The minimum atomic E-state index is -3.96. The zero-order valence-electron chi connectivity index (χ0n) is 22.0. The topological polar surface area (TPSA) is 95.4 Å². The maximum absolute atomic E-state index is 16.1. The lowest BCUT2D eigenvalue weighted by atomic mass is 10.0. The van der Waals surface area contributed by atoms with Crippen molar-refractivity contribution in [1.29, 1.82) is 0 Å². The highest BCUT2D eigenvalue weighted by Crippen LogP contribution is 2.38. The number of nitrogens with one attached hydrogen (secondary N) is 2. The van der Waals surface area contributed by atoms with Gasteiger partial charge in [-0.25, -0.2) is 13.5 Å². The molecule has 0 saturated carbocycles. The smallest absolute Gasteiger partial charge is 0.301 e. The van der Waals surface area contributed by atoms with Gasteiger partial charge in [0, 0.05) is 85.6 Å². The standard InChI is InChI=1S/C28H28ClF2N7O2S/c29-20-15-22(27(31)25(16-20)35-41(39,40)37-11-1-2-12-37)23-18-38(34-28(23)19-5-7-32-8-6-19)21-3-4-26(24(30)17-21)36-13-9-33-10-14-36/h3-8,15-18,33,35H,1-2,9-14H2. The summed E-state index contributed by atoms with van der Waals surface area (Å²) in [5, 5.41) is 8.09. The molecule has 4 heterocycles. The monoisotopic (exact) mass is 599 g/mol. The van der Waals surface area contributed by atoms with Gasteiger partial charge in [0.1, 0.15) is 11.5 Å². The maximum atomic E-state index is 16.1. The molecule has 9 nitrogen and oxygen atoms in total. The van der Waals surface area contributed by atoms with Gasteiger partial charge >= 0.3 is 10.2 Å². The maximum Gasteiger partial charge on any atom is 0.301 e. The number of hydrogen-bond acceptors (Lipinski definition) is 6. The van der Waals surface area contributed by atoms with E-state index in [0.29, 0.717) is 54.4 Å². The number of nitrogens with zero attached hydrogens (tertiary/aromatic N) is 5. The van der Waals surface area contributed by atoms with Crippen molar-refractivity contribution >= 4 is 33.2 Å². The van der Waals surface area contributed by atoms with Crippen LogP contribution in [0.4, 0.5) is 20.2 Å². The Morgan fingerprint density at radius 2 is 1.66 bits per heavy atom. The summed E-state index contributed by atoms with van der Waals surface area (Å²) in [6.07, 6.45) is 6.25. The largest absolute Gasteiger partial charge is 0.367 e. The van der Waals surface area contributed by atoms with E-state index in [1.165, 1.54) is 27.2 Å². The summed E-state index contributed by atoms with van der Waals surface area (Å²) < 4.78 is 62.3. The highest BCUT2D eigenvalue weighted by Gasteiger charge is 2.28. The van der Waals surface area contributed by atoms with Crippen LogP contribution in [0, 0.1) is 11.6 Å². The minimum Gasteiger partial charge on any atom is -0.367 e. The van der Waals surface area contributed by atoms with Crippen molar-refractivity contribution in [2.45, 2.75) is 12.8 Å². The number of hydrogen-bond donors (Lipinski definition) is 2. The van der Waals surface area contributed by atoms with Gasteiger partial charge in [0.2, 0.25) is 0 Å². The van der Waals surface area contributed by atoms with Gasteiger partial charge in [-0.05, 0) is 49.2 Å². The Kier molecular flexibility index (Phi) is 7.64. The van der Waals surface area contributed by atoms with Crippen LogP contribution in [0.5, 0.6) is 0 Å². The SMILES string of the molecule is O=S(=O)(Nc1cc(Cl)cc(-c2cn(-c3ccc(N4CCNCC4)c(F)c3)nc2-c2ccncc2)c1F)N1CCCC1. The van der Waals surface area contributed by atoms with Gasteiger partial charge in [0.15, 0.2) is 5.82 Å². The summed E-state index contributed by atoms with van der Waals surface area (Å²) in [5.74, 6) is -1.19. The van der Waals surface area contributed by atoms with E-state index in [0.717, 1.165) is 25.9 Å². The lowest BCUT2D eigenvalue weighted by molar-refractivity contribution is 0.482. The zero-order chi connectivity index (χ0) is 28.6. The highest BCUT2D eigenvalue weighted by atomic mass is 35.5. The summed E-state index contributed by atoms with van der Waals surface area (Å²) in [6, 6.07) is 11.0. The molecule has 2 aliphatic heterocycles. The zero-order valence-corrected chi connectivity index (χ0v) is 23.6. The lowest BCUT2D eigenvalue weighted by Gasteiger charge is -2.29. The van der Waals surface area contributed by atoms with Crippen molar-refractivity contribution in [3.63, 3.8) is 0 Å². The number of aromatic nitrogens is 3. The molecule has 0 spiro atoms. The second kappa shape index (κ2) is 11.4. The molecule has 2 saturated heterocycles. The molecule has 0 bridgehead atoms. The molecule has 41 heavy (non-hydrogen) atoms. The predicted molar refractivity (Wildman–Crippen MR) is 156 cm³/mol. The molecule has 0 aliphatic carbocycles. The first-order chi connectivity index (χ1) is 19.8. The first-order valence-electron chi connectivity index (χ1n) is 13.3. The Balaban J connectivity index is 1.43. The van der Waals surface area contributed by atoms with Crippen LogP contribution in [0.2, 0.25) is 5.02 Å². The van der Waals surface area contributed by atoms with E-state index in [1.807, 2.05) is 4.90 Å². The first-order valence-corrected chi connectivity index (χ1v) is 15.1. The van der Waals surface area contributed by atoms with Crippen LogP contribution in [-0.2, 0) is 10.2 Å². The van der Waals surface area contributed by atoms with Gasteiger partial charge in [-0.15, -0.1) is 0 Å². The summed E-state index contributed by atoms with van der Waals surface area (Å²) in [7, 11) is -3.96. The van der Waals surface area contributed by atoms with Gasteiger partial charge in [0.05, 0.1) is 17.1 Å². The number of pyridine rings is 1. The average molecular weight is 600 g/mol. The molecule has 6 rings (SSSR count). The fourth-order valence-corrected chi connectivity index (χ4v) is 6.73. The van der Waals surface area contributed by atoms with Gasteiger partial charge in [-0.3, -0.25) is 9.71 Å². The van der Waals surface area contributed by atoms with Crippen molar-refractivity contribution in [2.75, 3.05) is 48.9 Å². The Hall–Kier alpha value is -3.58. The summed E-state index contributed by atoms with van der Waals surface area (Å²) in [6.45, 7) is 3.69. The van der Waals surface area contributed by atoms with Crippen molar-refractivity contribution in [1.82, 2.24) is 24.4 Å².